The van der Waals surface area contributed by atoms with Crippen LogP contribution in [-0.4, -0.2) is 73.7 Å². The monoisotopic (exact) mass is 253 g/mol. The summed E-state index contributed by atoms with van der Waals surface area (Å²) < 4.78 is 5.37. The van der Waals surface area contributed by atoms with Gasteiger partial charge in [-0.1, -0.05) is 0 Å². The number of likely N-dealkylation sites (tertiary alicyclic amines) is 2. The van der Waals surface area contributed by atoms with Gasteiger partial charge >= 0.3 is 0 Å². The Morgan fingerprint density at radius 1 is 1.22 bits per heavy atom. The van der Waals surface area contributed by atoms with Crippen LogP contribution < -0.4 is 5.32 Å². The molecule has 1 N–H and O–H groups in total. The molecule has 5 nitrogen and oxygen atoms in total. The fourth-order valence-corrected chi connectivity index (χ4v) is 3.29. The number of rotatable bonds is 2. The highest BCUT2D eigenvalue weighted by atomic mass is 16.5. The van der Waals surface area contributed by atoms with Crippen molar-refractivity contribution in [3.8, 4) is 0 Å². The molecule has 1 amide bonds. The van der Waals surface area contributed by atoms with Gasteiger partial charge < -0.3 is 15.0 Å². The molecule has 0 radical (unpaired) electrons. The smallest absolute Gasteiger partial charge is 0.242 e. The fourth-order valence-electron chi connectivity index (χ4n) is 3.29. The zero-order valence-electron chi connectivity index (χ0n) is 10.9. The minimum absolute atomic E-state index is 0.115. The summed E-state index contributed by atoms with van der Waals surface area (Å²) in [6.07, 6.45) is 3.78. The highest BCUT2D eigenvalue weighted by molar-refractivity contribution is 5.82. The van der Waals surface area contributed by atoms with Gasteiger partial charge in [-0.2, -0.15) is 0 Å². The number of carbonyl (C=O) groups excluding carboxylic acids is 1. The van der Waals surface area contributed by atoms with Gasteiger partial charge in [0.1, 0.15) is 6.04 Å². The van der Waals surface area contributed by atoms with Crippen LogP contribution >= 0.6 is 0 Å². The SMILES string of the molecule is O=C(C1COCCN1)N1CCC(N2CCCC2)C1. The second-order valence-electron chi connectivity index (χ2n) is 5.55. The summed E-state index contributed by atoms with van der Waals surface area (Å²) in [7, 11) is 0. The van der Waals surface area contributed by atoms with Crippen LogP contribution in [0.25, 0.3) is 0 Å². The van der Waals surface area contributed by atoms with Crippen molar-refractivity contribution in [2.24, 2.45) is 0 Å². The number of carbonyl (C=O) groups is 1. The van der Waals surface area contributed by atoms with E-state index >= 15 is 0 Å². The molecule has 3 rings (SSSR count). The van der Waals surface area contributed by atoms with Crippen molar-refractivity contribution >= 4 is 5.91 Å². The van der Waals surface area contributed by atoms with Crippen LogP contribution in [0, 0.1) is 0 Å². The first-order valence-corrected chi connectivity index (χ1v) is 7.18. The molecule has 3 heterocycles. The van der Waals surface area contributed by atoms with E-state index in [1.807, 2.05) is 4.90 Å². The molecule has 5 heteroatoms. The molecule has 0 saturated carbocycles. The molecular formula is C13H23N3O2. The van der Waals surface area contributed by atoms with E-state index in [4.69, 9.17) is 4.74 Å². The van der Waals surface area contributed by atoms with Gasteiger partial charge in [0.2, 0.25) is 5.91 Å². The van der Waals surface area contributed by atoms with E-state index in [2.05, 4.69) is 10.2 Å². The van der Waals surface area contributed by atoms with Gasteiger partial charge in [0, 0.05) is 25.7 Å². The molecule has 0 aromatic rings. The lowest BCUT2D eigenvalue weighted by Gasteiger charge is -2.28. The summed E-state index contributed by atoms with van der Waals surface area (Å²) in [6.45, 7) is 6.31. The average Bonchev–Trinajstić information content (AvgIpc) is 3.09. The maximum atomic E-state index is 12.3. The number of amides is 1. The van der Waals surface area contributed by atoms with Crippen molar-refractivity contribution in [2.45, 2.75) is 31.3 Å². The zero-order chi connectivity index (χ0) is 12.4. The normalized spacial score (nSPS) is 34.1. The Hall–Kier alpha value is -0.650. The Kier molecular flexibility index (Phi) is 3.82. The van der Waals surface area contributed by atoms with E-state index < -0.39 is 0 Å². The second-order valence-corrected chi connectivity index (χ2v) is 5.55. The van der Waals surface area contributed by atoms with Gasteiger partial charge in [-0.3, -0.25) is 9.69 Å². The number of hydrogen-bond acceptors (Lipinski definition) is 4. The zero-order valence-corrected chi connectivity index (χ0v) is 10.9. The van der Waals surface area contributed by atoms with Gasteiger partial charge in [-0.15, -0.1) is 0 Å². The Labute approximate surface area is 108 Å². The van der Waals surface area contributed by atoms with E-state index in [1.54, 1.807) is 0 Å². The van der Waals surface area contributed by atoms with Crippen LogP contribution in [0.1, 0.15) is 19.3 Å². The maximum Gasteiger partial charge on any atom is 0.242 e. The molecule has 102 valence electrons. The van der Waals surface area contributed by atoms with Crippen molar-refractivity contribution in [1.29, 1.82) is 0 Å². The predicted molar refractivity (Wildman–Crippen MR) is 68.4 cm³/mol. The first-order chi connectivity index (χ1) is 8.84. The highest BCUT2D eigenvalue weighted by Gasteiger charge is 2.34. The average molecular weight is 253 g/mol. The van der Waals surface area contributed by atoms with E-state index in [-0.39, 0.29) is 11.9 Å². The van der Waals surface area contributed by atoms with Crippen LogP contribution in [0.2, 0.25) is 0 Å². The number of hydrogen-bond donors (Lipinski definition) is 1. The van der Waals surface area contributed by atoms with Gasteiger partial charge in [0.25, 0.3) is 0 Å². The topological polar surface area (TPSA) is 44.8 Å². The second kappa shape index (κ2) is 5.55. The van der Waals surface area contributed by atoms with Gasteiger partial charge in [0.15, 0.2) is 0 Å². The molecule has 0 aromatic carbocycles. The quantitative estimate of drug-likeness (QED) is 0.732. The number of nitrogens with one attached hydrogen (secondary N) is 1. The molecule has 0 aromatic heterocycles. The highest BCUT2D eigenvalue weighted by Crippen LogP contribution is 2.21. The molecule has 18 heavy (non-hydrogen) atoms. The Balaban J connectivity index is 1.52. The van der Waals surface area contributed by atoms with Gasteiger partial charge in [0.05, 0.1) is 13.2 Å². The van der Waals surface area contributed by atoms with E-state index in [0.29, 0.717) is 12.6 Å². The third-order valence-electron chi connectivity index (χ3n) is 4.35. The molecule has 3 fully saturated rings. The minimum atomic E-state index is -0.115. The Morgan fingerprint density at radius 3 is 2.78 bits per heavy atom. The summed E-state index contributed by atoms with van der Waals surface area (Å²) in [5.41, 5.74) is 0. The number of ether oxygens (including phenoxy) is 1. The lowest BCUT2D eigenvalue weighted by Crippen LogP contribution is -2.52. The molecule has 2 atom stereocenters. The van der Waals surface area contributed by atoms with Crippen molar-refractivity contribution in [2.75, 3.05) is 45.9 Å². The van der Waals surface area contributed by atoms with E-state index in [0.717, 1.165) is 32.7 Å². The third-order valence-corrected chi connectivity index (χ3v) is 4.35. The molecular weight excluding hydrogens is 230 g/mol. The van der Waals surface area contributed by atoms with Crippen molar-refractivity contribution < 1.29 is 9.53 Å². The van der Waals surface area contributed by atoms with Crippen molar-refractivity contribution in [1.82, 2.24) is 15.1 Å². The molecule has 3 aliphatic heterocycles. The van der Waals surface area contributed by atoms with Crippen LogP contribution in [0.15, 0.2) is 0 Å². The first kappa shape index (κ1) is 12.4. The summed E-state index contributed by atoms with van der Waals surface area (Å²) >= 11 is 0. The molecule has 2 unspecified atom stereocenters. The third kappa shape index (κ3) is 2.53. The van der Waals surface area contributed by atoms with Crippen LogP contribution in [0.4, 0.5) is 0 Å². The largest absolute Gasteiger partial charge is 0.378 e. The lowest BCUT2D eigenvalue weighted by molar-refractivity contribution is -0.135. The molecule has 3 aliphatic rings. The minimum Gasteiger partial charge on any atom is -0.378 e. The Morgan fingerprint density at radius 2 is 2.06 bits per heavy atom. The molecule has 0 bridgehead atoms. The van der Waals surface area contributed by atoms with Gasteiger partial charge in [-0.05, 0) is 32.4 Å². The Bertz CT molecular complexity index is 299. The van der Waals surface area contributed by atoms with E-state index in [1.165, 1.54) is 25.9 Å². The van der Waals surface area contributed by atoms with Crippen molar-refractivity contribution in [3.05, 3.63) is 0 Å². The summed E-state index contributed by atoms with van der Waals surface area (Å²) in [6, 6.07) is 0.483. The first-order valence-electron chi connectivity index (χ1n) is 7.18. The summed E-state index contributed by atoms with van der Waals surface area (Å²) in [5.74, 6) is 0.233. The van der Waals surface area contributed by atoms with Crippen LogP contribution in [0.3, 0.4) is 0 Å². The molecule has 0 spiro atoms. The summed E-state index contributed by atoms with van der Waals surface area (Å²) in [4.78, 5) is 16.9. The number of morpholine rings is 1. The fraction of sp³-hybridized carbons (Fsp3) is 0.923. The molecule has 3 saturated heterocycles. The van der Waals surface area contributed by atoms with E-state index in [9.17, 15) is 4.79 Å². The predicted octanol–water partition coefficient (Wildman–Crippen LogP) is -0.328. The lowest BCUT2D eigenvalue weighted by atomic mass is 10.2. The van der Waals surface area contributed by atoms with Gasteiger partial charge in [-0.25, -0.2) is 0 Å². The molecule has 0 aliphatic carbocycles. The van der Waals surface area contributed by atoms with Crippen molar-refractivity contribution in [3.63, 3.8) is 0 Å². The number of nitrogens with zero attached hydrogens (tertiary/aromatic N) is 2. The van der Waals surface area contributed by atoms with Crippen LogP contribution in [0.5, 0.6) is 0 Å². The standard InChI is InChI=1S/C13H23N3O2/c17-13(12-10-18-8-4-14-12)16-7-3-11(9-16)15-5-1-2-6-15/h11-12,14H,1-10H2. The maximum absolute atomic E-state index is 12.3. The summed E-state index contributed by atoms with van der Waals surface area (Å²) in [5, 5.41) is 3.25. The van der Waals surface area contributed by atoms with Crippen LogP contribution in [-0.2, 0) is 9.53 Å².